The molecule has 1 aromatic carbocycles. The molecular formula is C14H17F2N3O4. The molecule has 2 N–H and O–H groups in total. The zero-order chi connectivity index (χ0) is 17.4. The Balaban J connectivity index is 2.70. The summed E-state index contributed by atoms with van der Waals surface area (Å²) in [6.45, 7) is 0.454. The average Bonchev–Trinajstić information content (AvgIpc) is 2.47. The SMILES string of the molecule is COc1cc(/C=N\NC(=O)C(=O)NC(C)C)ccc1OC(F)F. The lowest BCUT2D eigenvalue weighted by molar-refractivity contribution is -0.139. The van der Waals surface area contributed by atoms with Gasteiger partial charge in [0.25, 0.3) is 0 Å². The lowest BCUT2D eigenvalue weighted by Crippen LogP contribution is -2.41. The van der Waals surface area contributed by atoms with Crippen molar-refractivity contribution in [2.75, 3.05) is 7.11 Å². The van der Waals surface area contributed by atoms with Crippen molar-refractivity contribution in [2.24, 2.45) is 5.10 Å². The van der Waals surface area contributed by atoms with Crippen LogP contribution in [0.15, 0.2) is 23.3 Å². The number of alkyl halides is 2. The highest BCUT2D eigenvalue weighted by Gasteiger charge is 2.13. The van der Waals surface area contributed by atoms with Crippen molar-refractivity contribution in [1.29, 1.82) is 0 Å². The molecule has 0 aliphatic rings. The van der Waals surface area contributed by atoms with Gasteiger partial charge in [-0.05, 0) is 37.6 Å². The van der Waals surface area contributed by atoms with E-state index >= 15 is 0 Å². The second-order valence-electron chi connectivity index (χ2n) is 4.62. The number of hydrogen-bond acceptors (Lipinski definition) is 5. The Morgan fingerprint density at radius 1 is 1.22 bits per heavy atom. The average molecular weight is 329 g/mol. The molecule has 0 aromatic heterocycles. The first-order valence-electron chi connectivity index (χ1n) is 6.60. The van der Waals surface area contributed by atoms with Gasteiger partial charge in [0.1, 0.15) is 0 Å². The number of amides is 2. The molecule has 0 unspecified atom stereocenters. The summed E-state index contributed by atoms with van der Waals surface area (Å²) < 4.78 is 33.6. The Hall–Kier alpha value is -2.71. The van der Waals surface area contributed by atoms with E-state index in [2.05, 4.69) is 15.2 Å². The highest BCUT2D eigenvalue weighted by molar-refractivity contribution is 6.35. The van der Waals surface area contributed by atoms with Crippen LogP contribution >= 0.6 is 0 Å². The summed E-state index contributed by atoms with van der Waals surface area (Å²) in [5.74, 6) is -1.77. The van der Waals surface area contributed by atoms with Gasteiger partial charge < -0.3 is 14.8 Å². The minimum atomic E-state index is -2.97. The van der Waals surface area contributed by atoms with E-state index in [1.54, 1.807) is 13.8 Å². The number of hydrogen-bond donors (Lipinski definition) is 2. The van der Waals surface area contributed by atoms with E-state index in [0.29, 0.717) is 5.56 Å². The predicted molar refractivity (Wildman–Crippen MR) is 78.6 cm³/mol. The molecule has 1 rings (SSSR count). The summed E-state index contributed by atoms with van der Waals surface area (Å²) in [6, 6.07) is 3.93. The van der Waals surface area contributed by atoms with Gasteiger partial charge in [-0.15, -0.1) is 0 Å². The summed E-state index contributed by atoms with van der Waals surface area (Å²) >= 11 is 0. The van der Waals surface area contributed by atoms with E-state index in [1.807, 2.05) is 5.43 Å². The Morgan fingerprint density at radius 3 is 2.48 bits per heavy atom. The molecule has 126 valence electrons. The topological polar surface area (TPSA) is 89.0 Å². The highest BCUT2D eigenvalue weighted by atomic mass is 19.3. The fourth-order valence-electron chi connectivity index (χ4n) is 1.50. The van der Waals surface area contributed by atoms with Gasteiger partial charge in [-0.3, -0.25) is 9.59 Å². The van der Waals surface area contributed by atoms with Gasteiger partial charge in [-0.2, -0.15) is 13.9 Å². The molecule has 2 amide bonds. The lowest BCUT2D eigenvalue weighted by atomic mass is 10.2. The molecule has 0 aliphatic heterocycles. The van der Waals surface area contributed by atoms with Gasteiger partial charge in [0.2, 0.25) is 0 Å². The number of hydrazone groups is 1. The number of rotatable bonds is 6. The Labute approximate surface area is 131 Å². The molecule has 23 heavy (non-hydrogen) atoms. The Bertz CT molecular complexity index is 591. The van der Waals surface area contributed by atoms with Crippen molar-refractivity contribution in [3.63, 3.8) is 0 Å². The third kappa shape index (κ3) is 6.29. The molecule has 9 heteroatoms. The highest BCUT2D eigenvalue weighted by Crippen LogP contribution is 2.28. The number of nitrogens with one attached hydrogen (secondary N) is 2. The molecule has 0 atom stereocenters. The summed E-state index contributed by atoms with van der Waals surface area (Å²) in [5, 5.41) is 6.01. The molecule has 7 nitrogen and oxygen atoms in total. The van der Waals surface area contributed by atoms with E-state index in [-0.39, 0.29) is 17.5 Å². The van der Waals surface area contributed by atoms with Gasteiger partial charge in [-0.25, -0.2) is 5.43 Å². The van der Waals surface area contributed by atoms with Gasteiger partial charge in [0, 0.05) is 6.04 Å². The predicted octanol–water partition coefficient (Wildman–Crippen LogP) is 1.27. The van der Waals surface area contributed by atoms with Gasteiger partial charge in [-0.1, -0.05) is 0 Å². The van der Waals surface area contributed by atoms with Crippen molar-refractivity contribution < 1.29 is 27.8 Å². The molecule has 0 bridgehead atoms. The first-order valence-corrected chi connectivity index (χ1v) is 6.60. The second-order valence-corrected chi connectivity index (χ2v) is 4.62. The normalized spacial score (nSPS) is 10.9. The molecule has 0 saturated heterocycles. The van der Waals surface area contributed by atoms with Crippen LogP contribution in [0.1, 0.15) is 19.4 Å². The standard InChI is InChI=1S/C14H17F2N3O4/c1-8(2)18-12(20)13(21)19-17-7-9-4-5-10(23-14(15)16)11(6-9)22-3/h4-8,14H,1-3H3,(H,18,20)(H,19,21)/b17-7-. The van der Waals surface area contributed by atoms with Crippen molar-refractivity contribution in [3.05, 3.63) is 23.8 Å². The molecule has 0 saturated carbocycles. The van der Waals surface area contributed by atoms with Crippen LogP contribution in [-0.2, 0) is 9.59 Å². The third-order valence-electron chi connectivity index (χ3n) is 2.41. The maximum atomic E-state index is 12.2. The van der Waals surface area contributed by atoms with Crippen LogP contribution in [0.3, 0.4) is 0 Å². The summed E-state index contributed by atoms with van der Waals surface area (Å²) in [7, 11) is 1.30. The van der Waals surface area contributed by atoms with E-state index < -0.39 is 18.4 Å². The summed E-state index contributed by atoms with van der Waals surface area (Å²) in [5.41, 5.74) is 2.50. The fourth-order valence-corrected chi connectivity index (χ4v) is 1.50. The number of carbonyl (C=O) groups is 2. The smallest absolute Gasteiger partial charge is 0.387 e. The molecule has 0 spiro atoms. The lowest BCUT2D eigenvalue weighted by Gasteiger charge is -2.10. The third-order valence-corrected chi connectivity index (χ3v) is 2.41. The van der Waals surface area contributed by atoms with Crippen LogP contribution in [-0.4, -0.2) is 37.8 Å². The minimum Gasteiger partial charge on any atom is -0.493 e. The van der Waals surface area contributed by atoms with Crippen molar-refractivity contribution in [2.45, 2.75) is 26.5 Å². The number of carbonyl (C=O) groups excluding carboxylic acids is 2. The van der Waals surface area contributed by atoms with Gasteiger partial charge in [0.05, 0.1) is 13.3 Å². The number of benzene rings is 1. The van der Waals surface area contributed by atoms with E-state index in [0.717, 1.165) is 0 Å². The van der Waals surface area contributed by atoms with E-state index in [1.165, 1.54) is 31.5 Å². The zero-order valence-electron chi connectivity index (χ0n) is 12.8. The number of ether oxygens (including phenoxy) is 2. The molecule has 0 aliphatic carbocycles. The first kappa shape index (κ1) is 18.3. The Morgan fingerprint density at radius 2 is 1.91 bits per heavy atom. The van der Waals surface area contributed by atoms with Gasteiger partial charge >= 0.3 is 18.4 Å². The quantitative estimate of drug-likeness (QED) is 0.467. The van der Waals surface area contributed by atoms with Crippen LogP contribution in [0, 0.1) is 0 Å². The van der Waals surface area contributed by atoms with E-state index in [9.17, 15) is 18.4 Å². The molecule has 1 aromatic rings. The number of halogens is 2. The van der Waals surface area contributed by atoms with Crippen molar-refractivity contribution in [1.82, 2.24) is 10.7 Å². The molecule has 0 heterocycles. The Kier molecular flexibility index (Phi) is 6.91. The number of methoxy groups -OCH3 is 1. The molecule has 0 fully saturated rings. The first-order chi connectivity index (χ1) is 10.8. The van der Waals surface area contributed by atoms with Crippen molar-refractivity contribution in [3.8, 4) is 11.5 Å². The summed E-state index contributed by atoms with van der Waals surface area (Å²) in [6.07, 6.45) is 1.23. The van der Waals surface area contributed by atoms with E-state index in [4.69, 9.17) is 4.74 Å². The van der Waals surface area contributed by atoms with Crippen LogP contribution in [0.4, 0.5) is 8.78 Å². The van der Waals surface area contributed by atoms with Crippen molar-refractivity contribution >= 4 is 18.0 Å². The fraction of sp³-hybridized carbons (Fsp3) is 0.357. The van der Waals surface area contributed by atoms with Crippen LogP contribution < -0.4 is 20.2 Å². The van der Waals surface area contributed by atoms with Crippen LogP contribution in [0.25, 0.3) is 0 Å². The second kappa shape index (κ2) is 8.66. The summed E-state index contributed by atoms with van der Waals surface area (Å²) in [4.78, 5) is 22.7. The van der Waals surface area contributed by atoms with Crippen LogP contribution in [0.5, 0.6) is 11.5 Å². The molecular weight excluding hydrogens is 312 g/mol. The van der Waals surface area contributed by atoms with Gasteiger partial charge in [0.15, 0.2) is 11.5 Å². The maximum Gasteiger partial charge on any atom is 0.387 e. The monoisotopic (exact) mass is 329 g/mol. The number of nitrogens with zero attached hydrogens (tertiary/aromatic N) is 1. The largest absolute Gasteiger partial charge is 0.493 e. The molecule has 0 radical (unpaired) electrons. The van der Waals surface area contributed by atoms with Crippen LogP contribution in [0.2, 0.25) is 0 Å². The minimum absolute atomic E-state index is 0.0816. The zero-order valence-corrected chi connectivity index (χ0v) is 12.8. The maximum absolute atomic E-state index is 12.2.